The zero-order chi connectivity index (χ0) is 26.2. The number of hydrogen-bond acceptors (Lipinski definition) is 2. The number of aromatic nitrogens is 1. The van der Waals surface area contributed by atoms with E-state index in [4.69, 9.17) is 0 Å². The molecule has 2 nitrogen and oxygen atoms in total. The van der Waals surface area contributed by atoms with Crippen molar-refractivity contribution in [2.75, 3.05) is 0 Å². The van der Waals surface area contributed by atoms with E-state index in [1.807, 2.05) is 12.1 Å². The molecule has 0 N–H and O–H groups in total. The summed E-state index contributed by atoms with van der Waals surface area (Å²) < 4.78 is 0. The Kier molecular flexibility index (Phi) is 5.43. The first kappa shape index (κ1) is 22.9. The standard InChI is InChI=1S/C37H24N2/c38-25-32-23-29(21-22-39-32)27-17-15-26(16-18-27)28-19-20-34-33-13-7-8-14-35(33)37(36(34)24-28,30-9-3-1-4-10-30)31-11-5-2-6-12-31/h1-24H. The summed E-state index contributed by atoms with van der Waals surface area (Å²) in [5.74, 6) is 0. The highest BCUT2D eigenvalue weighted by molar-refractivity contribution is 5.88. The van der Waals surface area contributed by atoms with Gasteiger partial charge in [0.25, 0.3) is 0 Å². The van der Waals surface area contributed by atoms with Crippen LogP contribution in [-0.2, 0) is 5.41 Å². The van der Waals surface area contributed by atoms with E-state index in [0.29, 0.717) is 5.69 Å². The summed E-state index contributed by atoms with van der Waals surface area (Å²) in [6.07, 6.45) is 1.69. The molecule has 0 amide bonds. The molecule has 2 heteroatoms. The molecule has 0 aliphatic heterocycles. The van der Waals surface area contributed by atoms with Crippen molar-refractivity contribution in [1.29, 1.82) is 5.26 Å². The van der Waals surface area contributed by atoms with Gasteiger partial charge in [-0.2, -0.15) is 5.26 Å². The van der Waals surface area contributed by atoms with E-state index in [-0.39, 0.29) is 0 Å². The molecule has 0 radical (unpaired) electrons. The number of pyridine rings is 1. The highest BCUT2D eigenvalue weighted by Crippen LogP contribution is 2.56. The van der Waals surface area contributed by atoms with Gasteiger partial charge in [-0.1, -0.05) is 121 Å². The van der Waals surface area contributed by atoms with Gasteiger partial charge in [-0.25, -0.2) is 4.98 Å². The van der Waals surface area contributed by atoms with E-state index < -0.39 is 5.41 Å². The van der Waals surface area contributed by atoms with Crippen LogP contribution in [0.25, 0.3) is 33.4 Å². The van der Waals surface area contributed by atoms with E-state index in [2.05, 4.69) is 138 Å². The molecule has 1 aromatic heterocycles. The molecule has 0 unspecified atom stereocenters. The van der Waals surface area contributed by atoms with Gasteiger partial charge in [-0.3, -0.25) is 0 Å². The van der Waals surface area contributed by atoms with Crippen LogP contribution in [-0.4, -0.2) is 4.98 Å². The van der Waals surface area contributed by atoms with Crippen molar-refractivity contribution in [3.05, 3.63) is 174 Å². The van der Waals surface area contributed by atoms with Crippen LogP contribution in [0.1, 0.15) is 27.9 Å². The van der Waals surface area contributed by atoms with Gasteiger partial charge in [-0.15, -0.1) is 0 Å². The molecule has 0 fully saturated rings. The van der Waals surface area contributed by atoms with Gasteiger partial charge in [0.15, 0.2) is 0 Å². The highest BCUT2D eigenvalue weighted by Gasteiger charge is 2.45. The van der Waals surface area contributed by atoms with Crippen LogP contribution < -0.4 is 0 Å². The fourth-order valence-corrected chi connectivity index (χ4v) is 6.15. The Balaban J connectivity index is 1.42. The minimum absolute atomic E-state index is 0.408. The zero-order valence-corrected chi connectivity index (χ0v) is 21.3. The van der Waals surface area contributed by atoms with Crippen LogP contribution in [0.3, 0.4) is 0 Å². The fraction of sp³-hybridized carbons (Fsp3) is 0.0270. The van der Waals surface area contributed by atoms with Crippen molar-refractivity contribution < 1.29 is 0 Å². The molecule has 0 atom stereocenters. The number of hydrogen-bond donors (Lipinski definition) is 0. The largest absolute Gasteiger partial charge is 0.246 e. The Morgan fingerprint density at radius 3 is 1.67 bits per heavy atom. The molecule has 1 heterocycles. The van der Waals surface area contributed by atoms with Crippen molar-refractivity contribution >= 4 is 0 Å². The molecule has 5 aromatic carbocycles. The molecule has 0 bridgehead atoms. The predicted molar refractivity (Wildman–Crippen MR) is 157 cm³/mol. The lowest BCUT2D eigenvalue weighted by molar-refractivity contribution is 0.769. The monoisotopic (exact) mass is 496 g/mol. The number of rotatable bonds is 4. The molecule has 0 saturated heterocycles. The molecule has 182 valence electrons. The maximum Gasteiger partial charge on any atom is 0.141 e. The molecule has 7 rings (SSSR count). The zero-order valence-electron chi connectivity index (χ0n) is 21.3. The molecule has 0 saturated carbocycles. The van der Waals surface area contributed by atoms with E-state index >= 15 is 0 Å². The Morgan fingerprint density at radius 2 is 1.03 bits per heavy atom. The second-order valence-electron chi connectivity index (χ2n) is 9.91. The highest BCUT2D eigenvalue weighted by atomic mass is 14.7. The van der Waals surface area contributed by atoms with Crippen molar-refractivity contribution in [3.63, 3.8) is 0 Å². The van der Waals surface area contributed by atoms with Gasteiger partial charge in [0.05, 0.1) is 5.41 Å². The number of benzene rings is 5. The maximum atomic E-state index is 9.24. The van der Waals surface area contributed by atoms with Gasteiger partial charge in [0.1, 0.15) is 11.8 Å². The van der Waals surface area contributed by atoms with E-state index in [1.54, 1.807) is 6.20 Å². The average Bonchev–Trinajstić information content (AvgIpc) is 3.32. The molecule has 39 heavy (non-hydrogen) atoms. The molecule has 0 spiro atoms. The summed E-state index contributed by atoms with van der Waals surface area (Å²) >= 11 is 0. The summed E-state index contributed by atoms with van der Waals surface area (Å²) in [5.41, 5.74) is 12.1. The van der Waals surface area contributed by atoms with Crippen molar-refractivity contribution in [2.24, 2.45) is 0 Å². The van der Waals surface area contributed by atoms with Crippen molar-refractivity contribution in [2.45, 2.75) is 5.41 Å². The van der Waals surface area contributed by atoms with Gasteiger partial charge >= 0.3 is 0 Å². The molecular formula is C37H24N2. The summed E-state index contributed by atoms with van der Waals surface area (Å²) in [7, 11) is 0. The van der Waals surface area contributed by atoms with E-state index in [9.17, 15) is 5.26 Å². The van der Waals surface area contributed by atoms with E-state index in [0.717, 1.165) is 16.7 Å². The number of nitrogens with zero attached hydrogens (tertiary/aromatic N) is 2. The average molecular weight is 497 g/mol. The summed E-state index contributed by atoms with van der Waals surface area (Å²) in [4.78, 5) is 4.10. The Hall–Kier alpha value is -5.26. The van der Waals surface area contributed by atoms with Crippen molar-refractivity contribution in [3.8, 4) is 39.4 Å². The van der Waals surface area contributed by atoms with Crippen LogP contribution >= 0.6 is 0 Å². The quantitative estimate of drug-likeness (QED) is 0.244. The SMILES string of the molecule is N#Cc1cc(-c2ccc(-c3ccc4c(c3)C(c3ccccc3)(c3ccccc3)c3ccccc3-4)cc2)ccn1. The van der Waals surface area contributed by atoms with Gasteiger partial charge in [0, 0.05) is 6.20 Å². The topological polar surface area (TPSA) is 36.7 Å². The van der Waals surface area contributed by atoms with Crippen LogP contribution in [0.5, 0.6) is 0 Å². The van der Waals surface area contributed by atoms with Crippen LogP contribution in [0.15, 0.2) is 146 Å². The first-order valence-corrected chi connectivity index (χ1v) is 13.1. The summed E-state index contributed by atoms with van der Waals surface area (Å²) in [5, 5.41) is 9.24. The predicted octanol–water partition coefficient (Wildman–Crippen LogP) is 8.65. The lowest BCUT2D eigenvalue weighted by Crippen LogP contribution is -2.28. The number of nitriles is 1. The van der Waals surface area contributed by atoms with E-state index in [1.165, 1.54) is 38.9 Å². The third kappa shape index (κ3) is 3.60. The third-order valence-corrected chi connectivity index (χ3v) is 7.88. The van der Waals surface area contributed by atoms with Crippen molar-refractivity contribution in [1.82, 2.24) is 4.98 Å². The smallest absolute Gasteiger partial charge is 0.141 e. The molecule has 1 aliphatic rings. The minimum atomic E-state index is -0.408. The summed E-state index contributed by atoms with van der Waals surface area (Å²) in [6, 6.07) is 51.9. The Labute approximate surface area is 228 Å². The second-order valence-corrected chi connectivity index (χ2v) is 9.91. The van der Waals surface area contributed by atoms with Gasteiger partial charge in [0.2, 0.25) is 0 Å². The van der Waals surface area contributed by atoms with Crippen LogP contribution in [0, 0.1) is 11.3 Å². The van der Waals surface area contributed by atoms with Gasteiger partial charge in [-0.05, 0) is 73.8 Å². The molecule has 6 aromatic rings. The lowest BCUT2D eigenvalue weighted by Gasteiger charge is -2.34. The normalized spacial score (nSPS) is 12.8. The summed E-state index contributed by atoms with van der Waals surface area (Å²) in [6.45, 7) is 0. The lowest BCUT2D eigenvalue weighted by atomic mass is 9.67. The first-order chi connectivity index (χ1) is 19.3. The Morgan fingerprint density at radius 1 is 0.487 bits per heavy atom. The molecule has 1 aliphatic carbocycles. The molecular weight excluding hydrogens is 472 g/mol. The van der Waals surface area contributed by atoms with Crippen LogP contribution in [0.4, 0.5) is 0 Å². The first-order valence-electron chi connectivity index (χ1n) is 13.1. The van der Waals surface area contributed by atoms with Gasteiger partial charge < -0.3 is 0 Å². The minimum Gasteiger partial charge on any atom is -0.246 e. The third-order valence-electron chi connectivity index (χ3n) is 7.88. The maximum absolute atomic E-state index is 9.24. The number of fused-ring (bicyclic) bond motifs is 3. The fourth-order valence-electron chi connectivity index (χ4n) is 6.15. The second kappa shape index (κ2) is 9.24. The Bertz CT molecular complexity index is 1810. The van der Waals surface area contributed by atoms with Crippen LogP contribution in [0.2, 0.25) is 0 Å².